The highest BCUT2D eigenvalue weighted by Crippen LogP contribution is 2.39. The van der Waals surface area contributed by atoms with Crippen LogP contribution in [-0.2, 0) is 32.2 Å². The van der Waals surface area contributed by atoms with Crippen molar-refractivity contribution in [1.29, 1.82) is 0 Å². The summed E-state index contributed by atoms with van der Waals surface area (Å²) in [6.07, 6.45) is -4.46. The van der Waals surface area contributed by atoms with E-state index in [-0.39, 0.29) is 26.4 Å². The molecule has 1 saturated heterocycles. The molecule has 1 heterocycles. The molecule has 3 rings (SSSR count). The minimum absolute atomic E-state index is 0.0566. The molecule has 1 aliphatic heterocycles. The zero-order valence-electron chi connectivity index (χ0n) is 17.4. The molecule has 170 valence electrons. The van der Waals surface area contributed by atoms with Gasteiger partial charge < -0.3 is 18.9 Å². The number of rotatable bonds is 11. The molecule has 1 fully saturated rings. The molecule has 1 aliphatic rings. The fourth-order valence-corrected chi connectivity index (χ4v) is 3.37. The SMILES string of the molecule is C=CCO[C@@H]1O[C@H](CN=[N+]=[N-])[C@@H](OCc2ccccc2)[C@H](OCc2ccccc2)C1(F)F. The summed E-state index contributed by atoms with van der Waals surface area (Å²) in [6, 6.07) is 18.1. The Hall–Kier alpha value is -2.81. The third-order valence-corrected chi connectivity index (χ3v) is 4.90. The maximum atomic E-state index is 15.4. The van der Waals surface area contributed by atoms with Crippen molar-refractivity contribution < 1.29 is 27.7 Å². The Labute approximate surface area is 185 Å². The lowest BCUT2D eigenvalue weighted by atomic mass is 9.97. The zero-order chi connectivity index (χ0) is 22.8. The van der Waals surface area contributed by atoms with Crippen LogP contribution in [0, 0.1) is 0 Å². The predicted octanol–water partition coefficient (Wildman–Crippen LogP) is 5.03. The first-order valence-electron chi connectivity index (χ1n) is 10.1. The van der Waals surface area contributed by atoms with Gasteiger partial charge in [0.15, 0.2) is 6.10 Å². The monoisotopic (exact) mass is 445 g/mol. The van der Waals surface area contributed by atoms with Crippen molar-refractivity contribution in [3.05, 3.63) is 94.9 Å². The summed E-state index contributed by atoms with van der Waals surface area (Å²) in [4.78, 5) is 2.73. The number of azide groups is 1. The topological polar surface area (TPSA) is 85.7 Å². The number of benzene rings is 2. The number of ether oxygens (including phenoxy) is 4. The molecule has 0 N–H and O–H groups in total. The Bertz CT molecular complexity index is 895. The van der Waals surface area contributed by atoms with Crippen molar-refractivity contribution in [2.75, 3.05) is 13.2 Å². The average molecular weight is 445 g/mol. The zero-order valence-corrected chi connectivity index (χ0v) is 17.4. The quantitative estimate of drug-likeness (QED) is 0.210. The third kappa shape index (κ3) is 6.12. The molecule has 7 nitrogen and oxygen atoms in total. The van der Waals surface area contributed by atoms with Crippen molar-refractivity contribution in [3.63, 3.8) is 0 Å². The van der Waals surface area contributed by atoms with Gasteiger partial charge in [-0.15, -0.1) is 6.58 Å². The van der Waals surface area contributed by atoms with E-state index in [0.29, 0.717) is 0 Å². The standard InChI is InChI=1S/C23H25F2N3O4/c1-2-13-29-22-23(24,25)21(31-16-18-11-7-4-8-12-18)20(19(32-22)14-27-28-26)30-15-17-9-5-3-6-10-17/h2-12,19-22H,1,13-16H2/t19-,20-,21+,22-/m1/s1. The molecule has 0 spiro atoms. The first-order valence-corrected chi connectivity index (χ1v) is 10.1. The van der Waals surface area contributed by atoms with Gasteiger partial charge in [-0.05, 0) is 16.7 Å². The van der Waals surface area contributed by atoms with Crippen molar-refractivity contribution in [3.8, 4) is 0 Å². The fourth-order valence-electron chi connectivity index (χ4n) is 3.37. The Morgan fingerprint density at radius 2 is 1.59 bits per heavy atom. The van der Waals surface area contributed by atoms with Crippen molar-refractivity contribution in [1.82, 2.24) is 0 Å². The van der Waals surface area contributed by atoms with Crippen LogP contribution in [0.4, 0.5) is 8.78 Å². The van der Waals surface area contributed by atoms with Gasteiger partial charge in [0.1, 0.15) is 6.10 Å². The van der Waals surface area contributed by atoms with Crippen LogP contribution in [0.25, 0.3) is 10.4 Å². The minimum atomic E-state index is -3.54. The smallest absolute Gasteiger partial charge is 0.326 e. The van der Waals surface area contributed by atoms with E-state index in [4.69, 9.17) is 24.5 Å². The van der Waals surface area contributed by atoms with E-state index in [1.165, 1.54) is 6.08 Å². The number of halogens is 2. The molecule has 0 aliphatic carbocycles. The van der Waals surface area contributed by atoms with Crippen LogP contribution in [0.1, 0.15) is 11.1 Å². The molecule has 0 radical (unpaired) electrons. The van der Waals surface area contributed by atoms with E-state index < -0.39 is 30.5 Å². The highest BCUT2D eigenvalue weighted by atomic mass is 19.3. The van der Waals surface area contributed by atoms with Crippen molar-refractivity contribution >= 4 is 0 Å². The summed E-state index contributed by atoms with van der Waals surface area (Å²) < 4.78 is 53.2. The highest BCUT2D eigenvalue weighted by molar-refractivity contribution is 5.15. The lowest BCUT2D eigenvalue weighted by Gasteiger charge is -2.45. The van der Waals surface area contributed by atoms with Gasteiger partial charge in [0.05, 0.1) is 32.5 Å². The van der Waals surface area contributed by atoms with Gasteiger partial charge in [0.2, 0.25) is 6.29 Å². The fraction of sp³-hybridized carbons (Fsp3) is 0.391. The van der Waals surface area contributed by atoms with Crippen LogP contribution in [0.15, 0.2) is 78.4 Å². The molecule has 0 aromatic heterocycles. The summed E-state index contributed by atoms with van der Waals surface area (Å²) in [7, 11) is 0. The lowest BCUT2D eigenvalue weighted by molar-refractivity contribution is -0.364. The van der Waals surface area contributed by atoms with Gasteiger partial charge in [-0.3, -0.25) is 0 Å². The first-order chi connectivity index (χ1) is 15.6. The third-order valence-electron chi connectivity index (χ3n) is 4.90. The van der Waals surface area contributed by atoms with Crippen LogP contribution < -0.4 is 0 Å². The first kappa shape index (κ1) is 23.8. The van der Waals surface area contributed by atoms with Gasteiger partial charge in [0, 0.05) is 4.91 Å². The molecule has 2 aromatic rings. The van der Waals surface area contributed by atoms with Crippen LogP contribution in [0.5, 0.6) is 0 Å². The maximum absolute atomic E-state index is 15.4. The number of alkyl halides is 2. The van der Waals surface area contributed by atoms with E-state index in [1.54, 1.807) is 24.3 Å². The second-order valence-electron chi connectivity index (χ2n) is 7.19. The highest BCUT2D eigenvalue weighted by Gasteiger charge is 2.60. The Balaban J connectivity index is 1.87. The van der Waals surface area contributed by atoms with Gasteiger partial charge in [0.25, 0.3) is 0 Å². The van der Waals surface area contributed by atoms with Gasteiger partial charge >= 0.3 is 5.92 Å². The van der Waals surface area contributed by atoms with Crippen LogP contribution in [-0.4, -0.2) is 43.7 Å². The van der Waals surface area contributed by atoms with Crippen LogP contribution >= 0.6 is 0 Å². The summed E-state index contributed by atoms with van der Waals surface area (Å²) in [6.45, 7) is 3.12. The van der Waals surface area contributed by atoms with Crippen LogP contribution in [0.3, 0.4) is 0 Å². The normalized spacial score (nSPS) is 24.4. The minimum Gasteiger partial charge on any atom is -0.368 e. The number of hydrogen-bond donors (Lipinski definition) is 0. The van der Waals surface area contributed by atoms with E-state index in [1.807, 2.05) is 36.4 Å². The number of hydrogen-bond acceptors (Lipinski definition) is 5. The second-order valence-corrected chi connectivity index (χ2v) is 7.19. The van der Waals surface area contributed by atoms with Gasteiger partial charge in [-0.1, -0.05) is 71.9 Å². The largest absolute Gasteiger partial charge is 0.368 e. The van der Waals surface area contributed by atoms with Gasteiger partial charge in [-0.25, -0.2) is 0 Å². The summed E-state index contributed by atoms with van der Waals surface area (Å²) in [5.41, 5.74) is 10.3. The summed E-state index contributed by atoms with van der Waals surface area (Å²) >= 11 is 0. The van der Waals surface area contributed by atoms with E-state index in [0.717, 1.165) is 11.1 Å². The Morgan fingerprint density at radius 1 is 1.00 bits per heavy atom. The van der Waals surface area contributed by atoms with Crippen molar-refractivity contribution in [2.45, 2.75) is 43.7 Å². The molecule has 0 bridgehead atoms. The molecular weight excluding hydrogens is 420 g/mol. The molecule has 9 heteroatoms. The van der Waals surface area contributed by atoms with Crippen molar-refractivity contribution in [2.24, 2.45) is 5.11 Å². The summed E-state index contributed by atoms with van der Waals surface area (Å²) in [5.74, 6) is -3.54. The van der Waals surface area contributed by atoms with Gasteiger partial charge in [-0.2, -0.15) is 8.78 Å². The average Bonchev–Trinajstić information content (AvgIpc) is 2.81. The van der Waals surface area contributed by atoms with E-state index in [2.05, 4.69) is 16.6 Å². The lowest BCUT2D eigenvalue weighted by Crippen LogP contribution is -2.64. The molecule has 0 saturated carbocycles. The molecule has 0 unspecified atom stereocenters. The maximum Gasteiger partial charge on any atom is 0.326 e. The summed E-state index contributed by atoms with van der Waals surface area (Å²) in [5, 5.41) is 3.52. The van der Waals surface area contributed by atoms with E-state index >= 15 is 8.78 Å². The Kier molecular flexibility index (Phi) is 8.72. The molecule has 4 atom stereocenters. The van der Waals surface area contributed by atoms with E-state index in [9.17, 15) is 0 Å². The number of nitrogens with zero attached hydrogens (tertiary/aromatic N) is 3. The Morgan fingerprint density at radius 3 is 2.16 bits per heavy atom. The molecule has 0 amide bonds. The van der Waals surface area contributed by atoms with Crippen LogP contribution in [0.2, 0.25) is 0 Å². The molecular formula is C23H25F2N3O4. The molecule has 32 heavy (non-hydrogen) atoms. The molecule has 2 aromatic carbocycles. The predicted molar refractivity (Wildman–Crippen MR) is 114 cm³/mol. The second kappa shape index (κ2) is 11.7.